The molecule has 0 aliphatic carbocycles. The molecule has 3 aromatic rings. The lowest BCUT2D eigenvalue weighted by Crippen LogP contribution is -2.20. The molecule has 1 heterocycles. The molecule has 0 unspecified atom stereocenters. The number of aromatic nitrogens is 1. The van der Waals surface area contributed by atoms with Crippen LogP contribution in [0.25, 0.3) is 22.2 Å². The lowest BCUT2D eigenvalue weighted by atomic mass is 10.0. The van der Waals surface area contributed by atoms with Crippen molar-refractivity contribution in [1.29, 1.82) is 0 Å². The highest BCUT2D eigenvalue weighted by Gasteiger charge is 2.36. The summed E-state index contributed by atoms with van der Waals surface area (Å²) in [5.41, 5.74) is 1.03. The second-order valence-electron chi connectivity index (χ2n) is 5.90. The Morgan fingerprint density at radius 2 is 1.69 bits per heavy atom. The highest BCUT2D eigenvalue weighted by molar-refractivity contribution is 7.62. The van der Waals surface area contributed by atoms with Crippen LogP contribution in [0.4, 0.5) is 5.88 Å². The Morgan fingerprint density at radius 3 is 2.35 bits per heavy atom. The maximum atomic E-state index is 13.3. The lowest BCUT2D eigenvalue weighted by Gasteiger charge is -2.17. The topological polar surface area (TPSA) is 64.8 Å². The molecule has 0 amide bonds. The third-order valence-corrected chi connectivity index (χ3v) is 5.88. The minimum absolute atomic E-state index is 0.203. The van der Waals surface area contributed by atoms with E-state index in [0.717, 1.165) is 16.3 Å². The standard InChI is InChI=1S/C19H23N2O4P/c1-5-23-26(22,24-6-2)18-19(21(3)4)25-17(20-18)16-13-9-11-14-10-7-8-12-15(14)16/h7-13H,5-6H2,1-4H3. The monoisotopic (exact) mass is 374 g/mol. The Hall–Kier alpha value is -2.14. The average molecular weight is 374 g/mol. The molecule has 0 saturated heterocycles. The summed E-state index contributed by atoms with van der Waals surface area (Å²) in [5, 5.41) is 2.09. The zero-order valence-corrected chi connectivity index (χ0v) is 16.3. The Labute approximate surface area is 153 Å². The second kappa shape index (κ2) is 7.62. The van der Waals surface area contributed by atoms with Crippen molar-refractivity contribution in [2.45, 2.75) is 13.8 Å². The number of rotatable bonds is 7. The number of anilines is 1. The summed E-state index contributed by atoms with van der Waals surface area (Å²) >= 11 is 0. The molecule has 0 saturated carbocycles. The van der Waals surface area contributed by atoms with Crippen LogP contribution in [0.15, 0.2) is 46.9 Å². The van der Waals surface area contributed by atoms with Crippen LogP contribution >= 0.6 is 7.60 Å². The maximum Gasteiger partial charge on any atom is 0.385 e. The Morgan fingerprint density at radius 1 is 1.04 bits per heavy atom. The number of fused-ring (bicyclic) bond motifs is 1. The van der Waals surface area contributed by atoms with E-state index in [4.69, 9.17) is 13.5 Å². The lowest BCUT2D eigenvalue weighted by molar-refractivity contribution is 0.229. The van der Waals surface area contributed by atoms with E-state index in [1.54, 1.807) is 32.8 Å². The molecule has 138 valence electrons. The Balaban J connectivity index is 2.20. The molecule has 0 fully saturated rings. The van der Waals surface area contributed by atoms with Crippen molar-refractivity contribution in [2.24, 2.45) is 0 Å². The number of benzene rings is 2. The SMILES string of the molecule is CCOP(=O)(OCC)c1nc(-c2cccc3ccccc23)oc1N(C)C. The molecule has 26 heavy (non-hydrogen) atoms. The van der Waals surface area contributed by atoms with Gasteiger partial charge in [-0.2, -0.15) is 4.98 Å². The highest BCUT2D eigenvalue weighted by atomic mass is 31.2. The van der Waals surface area contributed by atoms with E-state index in [1.165, 1.54) is 0 Å². The van der Waals surface area contributed by atoms with Crippen LogP contribution in [0.5, 0.6) is 0 Å². The molecule has 0 radical (unpaired) electrons. The van der Waals surface area contributed by atoms with Crippen LogP contribution in [0, 0.1) is 0 Å². The van der Waals surface area contributed by atoms with Gasteiger partial charge in [0.25, 0.3) is 0 Å². The van der Waals surface area contributed by atoms with Crippen molar-refractivity contribution in [3.05, 3.63) is 42.5 Å². The van der Waals surface area contributed by atoms with Crippen molar-refractivity contribution in [3.8, 4) is 11.5 Å². The van der Waals surface area contributed by atoms with Gasteiger partial charge in [0.1, 0.15) is 0 Å². The molecule has 0 aliphatic rings. The fourth-order valence-corrected chi connectivity index (χ4v) is 4.49. The van der Waals surface area contributed by atoms with Crippen LogP contribution in [0.2, 0.25) is 0 Å². The molecule has 0 aliphatic heterocycles. The van der Waals surface area contributed by atoms with Gasteiger partial charge >= 0.3 is 7.60 Å². The van der Waals surface area contributed by atoms with Gasteiger partial charge in [0.05, 0.1) is 13.2 Å². The molecule has 0 spiro atoms. The molecular formula is C19H23N2O4P. The van der Waals surface area contributed by atoms with Gasteiger partial charge in [-0.25, -0.2) is 0 Å². The van der Waals surface area contributed by atoms with E-state index in [2.05, 4.69) is 4.98 Å². The predicted molar refractivity (Wildman–Crippen MR) is 104 cm³/mol. The van der Waals surface area contributed by atoms with Crippen LogP contribution < -0.4 is 10.3 Å². The molecule has 0 N–H and O–H groups in total. The van der Waals surface area contributed by atoms with Crippen molar-refractivity contribution < 1.29 is 18.0 Å². The summed E-state index contributed by atoms with van der Waals surface area (Å²) in [4.78, 5) is 6.26. The summed E-state index contributed by atoms with van der Waals surface area (Å²) in [6.45, 7) is 4.04. The number of hydrogen-bond acceptors (Lipinski definition) is 6. The normalized spacial score (nSPS) is 11.8. The molecule has 2 aromatic carbocycles. The van der Waals surface area contributed by atoms with Gasteiger partial charge in [-0.15, -0.1) is 0 Å². The molecule has 1 aromatic heterocycles. The van der Waals surface area contributed by atoms with E-state index >= 15 is 0 Å². The minimum atomic E-state index is -3.57. The maximum absolute atomic E-state index is 13.3. The fraction of sp³-hybridized carbons (Fsp3) is 0.316. The first kappa shape index (κ1) is 18.6. The van der Waals surface area contributed by atoms with Gasteiger partial charge < -0.3 is 18.4 Å². The summed E-state index contributed by atoms with van der Waals surface area (Å²) in [7, 11) is 0.0397. The van der Waals surface area contributed by atoms with Gasteiger partial charge in [-0.3, -0.25) is 4.57 Å². The summed E-state index contributed by atoms with van der Waals surface area (Å²) in [5.74, 6) is 0.762. The largest absolute Gasteiger partial charge is 0.419 e. The fourth-order valence-electron chi connectivity index (χ4n) is 2.80. The number of hydrogen-bond donors (Lipinski definition) is 0. The third-order valence-electron chi connectivity index (χ3n) is 3.88. The van der Waals surface area contributed by atoms with Gasteiger partial charge in [0.2, 0.25) is 17.2 Å². The van der Waals surface area contributed by atoms with E-state index in [-0.39, 0.29) is 18.6 Å². The van der Waals surface area contributed by atoms with Gasteiger partial charge in [0, 0.05) is 19.7 Å². The molecule has 6 nitrogen and oxygen atoms in total. The molecular weight excluding hydrogens is 351 g/mol. The van der Waals surface area contributed by atoms with Crippen molar-refractivity contribution in [1.82, 2.24) is 4.98 Å². The second-order valence-corrected chi connectivity index (χ2v) is 7.84. The highest BCUT2D eigenvalue weighted by Crippen LogP contribution is 2.49. The molecule has 3 rings (SSSR count). The Kier molecular flexibility index (Phi) is 5.47. The third kappa shape index (κ3) is 3.40. The first-order chi connectivity index (χ1) is 12.5. The van der Waals surface area contributed by atoms with E-state index < -0.39 is 7.60 Å². The van der Waals surface area contributed by atoms with Crippen LogP contribution in [-0.4, -0.2) is 32.3 Å². The van der Waals surface area contributed by atoms with Gasteiger partial charge in [0.15, 0.2) is 0 Å². The summed E-state index contributed by atoms with van der Waals surface area (Å²) in [6, 6.07) is 13.9. The first-order valence-electron chi connectivity index (χ1n) is 8.56. The Bertz CT molecular complexity index is 936. The van der Waals surface area contributed by atoms with Crippen molar-refractivity contribution in [3.63, 3.8) is 0 Å². The van der Waals surface area contributed by atoms with Crippen molar-refractivity contribution >= 4 is 29.7 Å². The average Bonchev–Trinajstić information content (AvgIpc) is 3.08. The summed E-state index contributed by atoms with van der Waals surface area (Å²) in [6.07, 6.45) is 0. The number of nitrogens with zero attached hydrogens (tertiary/aromatic N) is 2. The zero-order valence-electron chi connectivity index (χ0n) is 15.4. The van der Waals surface area contributed by atoms with E-state index in [0.29, 0.717) is 11.8 Å². The zero-order chi connectivity index (χ0) is 18.7. The van der Waals surface area contributed by atoms with E-state index in [1.807, 2.05) is 42.5 Å². The minimum Gasteiger partial charge on any atom is -0.419 e. The van der Waals surface area contributed by atoms with Gasteiger partial charge in [-0.05, 0) is 30.7 Å². The van der Waals surface area contributed by atoms with Crippen molar-refractivity contribution in [2.75, 3.05) is 32.2 Å². The predicted octanol–water partition coefficient (Wildman–Crippen LogP) is 4.45. The van der Waals surface area contributed by atoms with Crippen LogP contribution in [0.3, 0.4) is 0 Å². The first-order valence-corrected chi connectivity index (χ1v) is 10.1. The number of oxazole rings is 1. The van der Waals surface area contributed by atoms with Gasteiger partial charge in [-0.1, -0.05) is 36.4 Å². The smallest absolute Gasteiger partial charge is 0.385 e. The molecule has 0 atom stereocenters. The quantitative estimate of drug-likeness (QED) is 0.569. The van der Waals surface area contributed by atoms with E-state index in [9.17, 15) is 4.57 Å². The molecule has 7 heteroatoms. The molecule has 0 bridgehead atoms. The van der Waals surface area contributed by atoms with Crippen LogP contribution in [0.1, 0.15) is 13.8 Å². The van der Waals surface area contributed by atoms with Crippen LogP contribution in [-0.2, 0) is 13.6 Å². The summed E-state index contributed by atoms with van der Waals surface area (Å²) < 4.78 is 30.2.